The minimum absolute atomic E-state index is 0.0393. The smallest absolute Gasteiger partial charge is 0.261 e. The van der Waals surface area contributed by atoms with E-state index in [1.165, 1.54) is 11.3 Å². The molecule has 1 aromatic heterocycles. The van der Waals surface area contributed by atoms with Crippen LogP contribution in [0.2, 0.25) is 0 Å². The lowest BCUT2D eigenvalue weighted by Gasteiger charge is -2.19. The molecule has 1 aromatic rings. The van der Waals surface area contributed by atoms with Gasteiger partial charge in [-0.25, -0.2) is 0 Å². The first-order valence-corrected chi connectivity index (χ1v) is 7.64. The molecule has 0 bridgehead atoms. The summed E-state index contributed by atoms with van der Waals surface area (Å²) in [6.07, 6.45) is 0.969. The van der Waals surface area contributed by atoms with Crippen molar-refractivity contribution in [2.75, 3.05) is 13.2 Å². The predicted molar refractivity (Wildman–Crippen MR) is 79.7 cm³/mol. The Hall–Kier alpha value is -1.40. The lowest BCUT2D eigenvalue weighted by Crippen LogP contribution is -2.38. The van der Waals surface area contributed by atoms with Gasteiger partial charge in [-0.05, 0) is 30.7 Å². The van der Waals surface area contributed by atoms with Crippen LogP contribution in [0.3, 0.4) is 0 Å². The molecule has 0 saturated heterocycles. The normalized spacial score (nSPS) is 13.6. The zero-order valence-corrected chi connectivity index (χ0v) is 12.7. The lowest BCUT2D eigenvalue weighted by molar-refractivity contribution is -0.122. The number of carbonyl (C=O) groups is 2. The zero-order valence-electron chi connectivity index (χ0n) is 11.9. The molecule has 6 heteroatoms. The van der Waals surface area contributed by atoms with Crippen molar-refractivity contribution in [1.82, 2.24) is 10.6 Å². The van der Waals surface area contributed by atoms with Gasteiger partial charge in [0.15, 0.2) is 0 Å². The third-order valence-corrected chi connectivity index (χ3v) is 4.01. The molecule has 0 fully saturated rings. The highest BCUT2D eigenvalue weighted by Crippen LogP contribution is 2.07. The minimum atomic E-state index is -0.0947. The lowest BCUT2D eigenvalue weighted by atomic mass is 10.1. The maximum Gasteiger partial charge on any atom is 0.261 e. The van der Waals surface area contributed by atoms with Gasteiger partial charge in [-0.15, -0.1) is 11.3 Å². The van der Waals surface area contributed by atoms with Gasteiger partial charge in [-0.1, -0.05) is 13.0 Å². The highest BCUT2D eigenvalue weighted by molar-refractivity contribution is 7.12. The Bertz CT molecular complexity index is 420. The Kier molecular flexibility index (Phi) is 7.25. The van der Waals surface area contributed by atoms with Crippen LogP contribution in [0.1, 0.15) is 36.4 Å². The van der Waals surface area contributed by atoms with Gasteiger partial charge in [-0.2, -0.15) is 0 Å². The first kappa shape index (κ1) is 16.7. The van der Waals surface area contributed by atoms with Crippen molar-refractivity contribution < 1.29 is 14.7 Å². The number of thiophene rings is 1. The summed E-state index contributed by atoms with van der Waals surface area (Å²) >= 11 is 1.39. The summed E-state index contributed by atoms with van der Waals surface area (Å²) in [4.78, 5) is 24.0. The molecule has 5 nitrogen and oxygen atoms in total. The number of nitrogens with one attached hydrogen (secondary N) is 2. The van der Waals surface area contributed by atoms with Gasteiger partial charge in [-0.3, -0.25) is 9.59 Å². The molecular weight excluding hydrogens is 276 g/mol. The van der Waals surface area contributed by atoms with Gasteiger partial charge in [0.05, 0.1) is 4.88 Å². The molecule has 20 heavy (non-hydrogen) atoms. The Morgan fingerprint density at radius 2 is 2.15 bits per heavy atom. The maximum atomic E-state index is 11.6. The molecule has 0 aliphatic heterocycles. The maximum absolute atomic E-state index is 11.6. The molecule has 0 radical (unpaired) electrons. The Balaban J connectivity index is 2.15. The van der Waals surface area contributed by atoms with E-state index < -0.39 is 0 Å². The van der Waals surface area contributed by atoms with Crippen LogP contribution in [0.25, 0.3) is 0 Å². The molecule has 2 amide bonds. The second-order valence-corrected chi connectivity index (χ2v) is 5.80. The van der Waals surface area contributed by atoms with E-state index in [1.807, 2.05) is 25.3 Å². The summed E-state index contributed by atoms with van der Waals surface area (Å²) in [5.74, 6) is -0.108. The van der Waals surface area contributed by atoms with Gasteiger partial charge < -0.3 is 15.7 Å². The van der Waals surface area contributed by atoms with Crippen LogP contribution in [0, 0.1) is 5.92 Å². The second kappa shape index (κ2) is 8.71. The monoisotopic (exact) mass is 298 g/mol. The Labute approximate surface area is 123 Å². The molecule has 0 aliphatic rings. The summed E-state index contributed by atoms with van der Waals surface area (Å²) in [6.45, 7) is 4.29. The van der Waals surface area contributed by atoms with Gasteiger partial charge in [0.25, 0.3) is 5.91 Å². The number of hydrogen-bond acceptors (Lipinski definition) is 4. The molecule has 2 atom stereocenters. The molecule has 2 unspecified atom stereocenters. The van der Waals surface area contributed by atoms with Gasteiger partial charge in [0.2, 0.25) is 5.91 Å². The van der Waals surface area contributed by atoms with Crippen LogP contribution in [0.4, 0.5) is 0 Å². The fraction of sp³-hybridized carbons (Fsp3) is 0.571. The van der Waals surface area contributed by atoms with Crippen molar-refractivity contribution in [2.24, 2.45) is 5.92 Å². The summed E-state index contributed by atoms with van der Waals surface area (Å²) in [6, 6.07) is 3.55. The van der Waals surface area contributed by atoms with Gasteiger partial charge in [0, 0.05) is 25.6 Å². The van der Waals surface area contributed by atoms with E-state index in [4.69, 9.17) is 5.11 Å². The van der Waals surface area contributed by atoms with Crippen LogP contribution in [0.15, 0.2) is 17.5 Å². The fourth-order valence-electron chi connectivity index (χ4n) is 1.57. The summed E-state index contributed by atoms with van der Waals surface area (Å²) in [7, 11) is 0. The number of rotatable bonds is 8. The van der Waals surface area contributed by atoms with Gasteiger partial charge in [0.1, 0.15) is 0 Å². The quantitative estimate of drug-likeness (QED) is 0.635. The average molecular weight is 298 g/mol. The molecule has 3 N–H and O–H groups in total. The van der Waals surface area contributed by atoms with Crippen molar-refractivity contribution in [3.63, 3.8) is 0 Å². The predicted octanol–water partition coefficient (Wildman–Crippen LogP) is 1.39. The van der Waals surface area contributed by atoms with E-state index in [0.29, 0.717) is 24.3 Å². The van der Waals surface area contributed by atoms with Crippen molar-refractivity contribution in [2.45, 2.75) is 32.7 Å². The van der Waals surface area contributed by atoms with E-state index in [2.05, 4.69) is 10.6 Å². The second-order valence-electron chi connectivity index (χ2n) is 4.85. The van der Waals surface area contributed by atoms with E-state index in [1.54, 1.807) is 6.07 Å². The van der Waals surface area contributed by atoms with E-state index in [-0.39, 0.29) is 30.4 Å². The van der Waals surface area contributed by atoms with E-state index >= 15 is 0 Å². The summed E-state index contributed by atoms with van der Waals surface area (Å²) < 4.78 is 0. The Morgan fingerprint density at radius 1 is 1.40 bits per heavy atom. The molecule has 0 aliphatic carbocycles. The largest absolute Gasteiger partial charge is 0.396 e. The first-order chi connectivity index (χ1) is 9.54. The molecular formula is C14H22N2O3S. The fourth-order valence-corrected chi connectivity index (χ4v) is 2.21. The molecule has 1 rings (SSSR count). The third kappa shape index (κ3) is 5.71. The number of amides is 2. The van der Waals surface area contributed by atoms with E-state index in [0.717, 1.165) is 0 Å². The van der Waals surface area contributed by atoms with Crippen LogP contribution < -0.4 is 10.6 Å². The van der Waals surface area contributed by atoms with Crippen LogP contribution in [0.5, 0.6) is 0 Å². The van der Waals surface area contributed by atoms with Gasteiger partial charge >= 0.3 is 0 Å². The first-order valence-electron chi connectivity index (χ1n) is 6.76. The van der Waals surface area contributed by atoms with Crippen molar-refractivity contribution >= 4 is 23.2 Å². The third-order valence-electron chi connectivity index (χ3n) is 3.14. The van der Waals surface area contributed by atoms with Crippen molar-refractivity contribution in [1.29, 1.82) is 0 Å². The molecule has 0 aromatic carbocycles. The summed E-state index contributed by atoms with van der Waals surface area (Å²) in [5.41, 5.74) is 0. The average Bonchev–Trinajstić information content (AvgIpc) is 2.96. The standard InChI is InChI=1S/C14H22N2O3S/c1-10(9-17)11(2)16-13(18)6-3-7-15-14(19)12-5-4-8-20-12/h4-5,8,10-11,17H,3,6-7,9H2,1-2H3,(H,15,19)(H,16,18). The topological polar surface area (TPSA) is 78.4 Å². The number of aliphatic hydroxyl groups excluding tert-OH is 1. The SMILES string of the molecule is CC(CO)C(C)NC(=O)CCCNC(=O)c1cccs1. The Morgan fingerprint density at radius 3 is 2.75 bits per heavy atom. The van der Waals surface area contributed by atoms with Crippen LogP contribution in [-0.4, -0.2) is 36.1 Å². The molecule has 0 spiro atoms. The zero-order chi connectivity index (χ0) is 15.0. The highest BCUT2D eigenvalue weighted by atomic mass is 32.1. The van der Waals surface area contributed by atoms with Crippen molar-refractivity contribution in [3.05, 3.63) is 22.4 Å². The minimum Gasteiger partial charge on any atom is -0.396 e. The van der Waals surface area contributed by atoms with Crippen molar-refractivity contribution in [3.8, 4) is 0 Å². The highest BCUT2D eigenvalue weighted by Gasteiger charge is 2.13. The van der Waals surface area contributed by atoms with Crippen LogP contribution >= 0.6 is 11.3 Å². The molecule has 112 valence electrons. The molecule has 0 saturated carbocycles. The number of hydrogen-bond donors (Lipinski definition) is 3. The number of carbonyl (C=O) groups excluding carboxylic acids is 2. The molecule has 1 heterocycles. The van der Waals surface area contributed by atoms with E-state index in [9.17, 15) is 9.59 Å². The van der Waals surface area contributed by atoms with Crippen LogP contribution in [-0.2, 0) is 4.79 Å². The summed E-state index contributed by atoms with van der Waals surface area (Å²) in [5, 5.41) is 16.5. The number of aliphatic hydroxyl groups is 1.